The van der Waals surface area contributed by atoms with E-state index in [-0.39, 0.29) is 6.42 Å². The molecule has 0 saturated carbocycles. The Morgan fingerprint density at radius 1 is 1.14 bits per heavy atom. The van der Waals surface area contributed by atoms with Gasteiger partial charge in [0.1, 0.15) is 0 Å². The van der Waals surface area contributed by atoms with Crippen molar-refractivity contribution in [2.75, 3.05) is 49.8 Å². The Hall–Kier alpha value is -2.91. The number of hydrogen-bond acceptors (Lipinski definition) is 8. The summed E-state index contributed by atoms with van der Waals surface area (Å²) < 4.78 is 16.6. The number of carbonyl (C=O) groups is 1. The van der Waals surface area contributed by atoms with Crippen LogP contribution in [0.15, 0.2) is 30.6 Å². The summed E-state index contributed by atoms with van der Waals surface area (Å²) in [4.78, 5) is 22.8. The summed E-state index contributed by atoms with van der Waals surface area (Å²) in [5.74, 6) is -0.789. The van der Waals surface area contributed by atoms with Crippen molar-refractivity contribution >= 4 is 23.0 Å². The lowest BCUT2D eigenvalue weighted by Gasteiger charge is -2.39. The lowest BCUT2D eigenvalue weighted by molar-refractivity contribution is -0.139. The average molecular weight is 485 g/mol. The summed E-state index contributed by atoms with van der Waals surface area (Å²) in [5, 5.41) is 13.2. The quantitative estimate of drug-likeness (QED) is 0.514. The highest BCUT2D eigenvalue weighted by Crippen LogP contribution is 2.42. The zero-order chi connectivity index (χ0) is 24.7. The molecule has 2 aliphatic heterocycles. The van der Waals surface area contributed by atoms with Crippen molar-refractivity contribution in [1.29, 1.82) is 0 Å². The van der Waals surface area contributed by atoms with Crippen molar-refractivity contribution in [1.82, 2.24) is 9.97 Å². The molecule has 2 N–H and O–H groups in total. The molecular formula is C26H36N4O5. The van der Waals surface area contributed by atoms with Gasteiger partial charge in [0.15, 0.2) is 0 Å². The molecule has 0 bridgehead atoms. The van der Waals surface area contributed by atoms with Gasteiger partial charge in [-0.3, -0.25) is 4.79 Å². The maximum Gasteiger partial charge on any atom is 0.316 e. The molecule has 2 aliphatic rings. The Balaban J connectivity index is 1.73. The van der Waals surface area contributed by atoms with Gasteiger partial charge in [-0.2, -0.15) is 0 Å². The zero-order valence-corrected chi connectivity index (χ0v) is 20.7. The number of carboxylic acid groups (broad SMARTS) is 1. The predicted molar refractivity (Wildman–Crippen MR) is 134 cm³/mol. The van der Waals surface area contributed by atoms with Gasteiger partial charge in [-0.05, 0) is 57.2 Å². The zero-order valence-electron chi connectivity index (χ0n) is 20.7. The highest BCUT2D eigenvalue weighted by Gasteiger charge is 2.37. The van der Waals surface area contributed by atoms with Gasteiger partial charge in [-0.15, -0.1) is 0 Å². The molecule has 9 heteroatoms. The molecule has 3 heterocycles. The van der Waals surface area contributed by atoms with E-state index >= 15 is 0 Å². The second kappa shape index (κ2) is 11.7. The van der Waals surface area contributed by atoms with Crippen LogP contribution in [0.2, 0.25) is 0 Å². The van der Waals surface area contributed by atoms with Gasteiger partial charge in [-0.25, -0.2) is 9.97 Å². The van der Waals surface area contributed by atoms with Crippen LogP contribution >= 0.6 is 0 Å². The van der Waals surface area contributed by atoms with E-state index < -0.39 is 11.4 Å². The van der Waals surface area contributed by atoms with E-state index in [0.29, 0.717) is 44.7 Å². The van der Waals surface area contributed by atoms with Crippen molar-refractivity contribution < 1.29 is 24.1 Å². The van der Waals surface area contributed by atoms with Crippen molar-refractivity contribution in [2.24, 2.45) is 0 Å². The van der Waals surface area contributed by atoms with Crippen LogP contribution in [-0.2, 0) is 19.7 Å². The minimum absolute atomic E-state index is 0.0821. The summed E-state index contributed by atoms with van der Waals surface area (Å²) in [6.45, 7) is 8.06. The summed E-state index contributed by atoms with van der Waals surface area (Å²) in [7, 11) is 0. The topological polar surface area (TPSA) is 106 Å². The molecule has 0 atom stereocenters. The second-order valence-electron chi connectivity index (χ2n) is 9.14. The maximum absolute atomic E-state index is 11.8. The third-order valence-electron chi connectivity index (χ3n) is 7.01. The molecule has 0 amide bonds. The van der Waals surface area contributed by atoms with Crippen molar-refractivity contribution in [3.05, 3.63) is 36.2 Å². The molecule has 0 unspecified atom stereocenters. The number of anilines is 3. The average Bonchev–Trinajstić information content (AvgIpc) is 2.87. The molecule has 0 aliphatic carbocycles. The molecule has 9 nitrogen and oxygen atoms in total. The summed E-state index contributed by atoms with van der Waals surface area (Å²) in [6.07, 6.45) is 6.81. The highest BCUT2D eigenvalue weighted by atomic mass is 16.5. The number of ether oxygens (including phenoxy) is 3. The number of rotatable bonds is 10. The lowest BCUT2D eigenvalue weighted by Crippen LogP contribution is -2.40. The first-order valence-electron chi connectivity index (χ1n) is 12.5. The third kappa shape index (κ3) is 6.02. The van der Waals surface area contributed by atoms with Gasteiger partial charge in [0.25, 0.3) is 0 Å². The summed E-state index contributed by atoms with van der Waals surface area (Å²) in [5.41, 5.74) is 3.30. The van der Waals surface area contributed by atoms with E-state index in [0.717, 1.165) is 55.2 Å². The van der Waals surface area contributed by atoms with Crippen LogP contribution in [-0.4, -0.2) is 66.7 Å². The van der Waals surface area contributed by atoms with Crippen LogP contribution in [0.5, 0.6) is 6.01 Å². The van der Waals surface area contributed by atoms with E-state index in [1.807, 2.05) is 6.92 Å². The molecule has 0 spiro atoms. The Morgan fingerprint density at radius 2 is 1.83 bits per heavy atom. The van der Waals surface area contributed by atoms with E-state index in [1.165, 1.54) is 0 Å². The Kier molecular flexibility index (Phi) is 8.41. The summed E-state index contributed by atoms with van der Waals surface area (Å²) >= 11 is 0. The van der Waals surface area contributed by atoms with Crippen LogP contribution in [0.4, 0.5) is 17.1 Å². The fourth-order valence-corrected chi connectivity index (χ4v) is 5.20. The molecule has 190 valence electrons. The van der Waals surface area contributed by atoms with Gasteiger partial charge >= 0.3 is 12.0 Å². The molecule has 2 fully saturated rings. The van der Waals surface area contributed by atoms with Crippen LogP contribution in [0.1, 0.15) is 51.5 Å². The molecule has 0 radical (unpaired) electrons. The lowest BCUT2D eigenvalue weighted by atomic mass is 9.71. The minimum atomic E-state index is -0.789. The first-order chi connectivity index (χ1) is 17.0. The van der Waals surface area contributed by atoms with E-state index in [1.54, 1.807) is 12.4 Å². The first kappa shape index (κ1) is 25.2. The summed E-state index contributed by atoms with van der Waals surface area (Å²) in [6, 6.07) is 7.07. The number of aliphatic carboxylic acids is 1. The van der Waals surface area contributed by atoms with Crippen LogP contribution in [0, 0.1) is 0 Å². The molecule has 1 aromatic heterocycles. The van der Waals surface area contributed by atoms with Crippen LogP contribution < -0.4 is 15.0 Å². The highest BCUT2D eigenvalue weighted by molar-refractivity contribution is 5.77. The normalized spacial score (nSPS) is 18.1. The monoisotopic (exact) mass is 484 g/mol. The fourth-order valence-electron chi connectivity index (χ4n) is 5.20. The number of nitrogens with one attached hydrogen (secondary N) is 1. The smallest absolute Gasteiger partial charge is 0.316 e. The van der Waals surface area contributed by atoms with Gasteiger partial charge in [-0.1, -0.05) is 6.07 Å². The van der Waals surface area contributed by atoms with Gasteiger partial charge in [0.2, 0.25) is 0 Å². The predicted octanol–water partition coefficient (Wildman–Crippen LogP) is 4.15. The molecule has 4 rings (SSSR count). The molecule has 2 aromatic rings. The molecular weight excluding hydrogens is 448 g/mol. The van der Waals surface area contributed by atoms with Crippen molar-refractivity contribution in [3.63, 3.8) is 0 Å². The number of benzene rings is 1. The third-order valence-corrected chi connectivity index (χ3v) is 7.01. The SMILES string of the molecule is CCOc1ncc(Nc2cc(C3(CC(=O)O)CCOCC3)ccc2N(CC)C2CCOCC2)cn1. The Bertz CT molecular complexity index is 972. The van der Waals surface area contributed by atoms with Crippen LogP contribution in [0.25, 0.3) is 0 Å². The van der Waals surface area contributed by atoms with E-state index in [4.69, 9.17) is 14.2 Å². The standard InChI is InChI=1S/C26H36N4O5/c1-3-30(21-7-11-33-12-8-21)23-6-5-19(26(16-24(31)32)9-13-34-14-10-26)15-22(23)29-20-17-27-25(28-18-20)35-4-2/h5-6,15,17-18,21,29H,3-4,7-14,16H2,1-2H3,(H,31,32). The van der Waals surface area contributed by atoms with Crippen molar-refractivity contribution in [3.8, 4) is 6.01 Å². The minimum Gasteiger partial charge on any atom is -0.481 e. The van der Waals surface area contributed by atoms with Gasteiger partial charge in [0, 0.05) is 44.4 Å². The van der Waals surface area contributed by atoms with Gasteiger partial charge < -0.3 is 29.5 Å². The van der Waals surface area contributed by atoms with E-state index in [2.05, 4.69) is 45.3 Å². The molecule has 1 aromatic carbocycles. The number of aromatic nitrogens is 2. The van der Waals surface area contributed by atoms with Crippen molar-refractivity contribution in [2.45, 2.75) is 57.4 Å². The van der Waals surface area contributed by atoms with Crippen LogP contribution in [0.3, 0.4) is 0 Å². The van der Waals surface area contributed by atoms with E-state index in [9.17, 15) is 9.90 Å². The maximum atomic E-state index is 11.8. The van der Waals surface area contributed by atoms with Gasteiger partial charge in [0.05, 0.1) is 42.5 Å². The Labute approximate surface area is 206 Å². The number of carboxylic acids is 1. The second-order valence-corrected chi connectivity index (χ2v) is 9.14. The fraction of sp³-hybridized carbons (Fsp3) is 0.577. The number of nitrogens with zero attached hydrogens (tertiary/aromatic N) is 3. The molecule has 35 heavy (non-hydrogen) atoms. The first-order valence-corrected chi connectivity index (χ1v) is 12.5. The Morgan fingerprint density at radius 3 is 2.46 bits per heavy atom. The molecule has 2 saturated heterocycles. The largest absolute Gasteiger partial charge is 0.481 e. The number of hydrogen-bond donors (Lipinski definition) is 2.